The molecule has 1 aromatic carbocycles. The zero-order chi connectivity index (χ0) is 14.8. The lowest BCUT2D eigenvalue weighted by molar-refractivity contribution is 0.414. The summed E-state index contributed by atoms with van der Waals surface area (Å²) in [5.41, 5.74) is 2.99. The van der Waals surface area contributed by atoms with E-state index in [1.165, 1.54) is 5.56 Å². The van der Waals surface area contributed by atoms with E-state index in [1.807, 2.05) is 24.3 Å². The summed E-state index contributed by atoms with van der Waals surface area (Å²) < 4.78 is 7.00. The molecule has 1 aromatic heterocycles. The van der Waals surface area contributed by atoms with E-state index in [0.29, 0.717) is 0 Å². The van der Waals surface area contributed by atoms with Crippen molar-refractivity contribution >= 4 is 11.8 Å². The van der Waals surface area contributed by atoms with Crippen LogP contribution in [0.1, 0.15) is 24.6 Å². The van der Waals surface area contributed by atoms with Gasteiger partial charge in [-0.3, -0.25) is 4.57 Å². The van der Waals surface area contributed by atoms with E-state index in [0.717, 1.165) is 47.2 Å². The summed E-state index contributed by atoms with van der Waals surface area (Å²) in [6.07, 6.45) is 3.03. The molecule has 0 radical (unpaired) electrons. The second kappa shape index (κ2) is 5.93. The maximum Gasteiger partial charge on any atom is 0.353 e. The van der Waals surface area contributed by atoms with Gasteiger partial charge in [0, 0.05) is 17.3 Å². The Hall–Kier alpha value is -1.75. The smallest absolute Gasteiger partial charge is 0.353 e. The second-order valence-electron chi connectivity index (χ2n) is 4.95. The topological polar surface area (TPSA) is 44.1 Å². The molecule has 1 heterocycles. The zero-order valence-electron chi connectivity index (χ0n) is 12.3. The number of nitrogens with zero attached hydrogens (tertiary/aromatic N) is 2. The maximum atomic E-state index is 12.5. The highest BCUT2D eigenvalue weighted by Gasteiger charge is 2.22. The SMILES string of the molecule is CCSc1nc(=O)n(-c2cccc(OC)c2)c2c1CCC2. The Balaban J connectivity index is 2.19. The van der Waals surface area contributed by atoms with Gasteiger partial charge in [0.05, 0.1) is 12.8 Å². The van der Waals surface area contributed by atoms with Crippen LogP contribution in [0.3, 0.4) is 0 Å². The average molecular weight is 302 g/mol. The van der Waals surface area contributed by atoms with Crippen molar-refractivity contribution in [2.45, 2.75) is 31.2 Å². The number of hydrogen-bond donors (Lipinski definition) is 0. The first kappa shape index (κ1) is 14.2. The number of ether oxygens (including phenoxy) is 1. The van der Waals surface area contributed by atoms with Crippen molar-refractivity contribution in [1.82, 2.24) is 9.55 Å². The summed E-state index contributed by atoms with van der Waals surface area (Å²) in [5, 5.41) is 0.911. The van der Waals surface area contributed by atoms with Crippen LogP contribution in [-0.4, -0.2) is 22.4 Å². The number of fused-ring (bicyclic) bond motifs is 1. The van der Waals surface area contributed by atoms with Crippen molar-refractivity contribution < 1.29 is 4.74 Å². The molecule has 2 aromatic rings. The molecule has 1 aliphatic rings. The van der Waals surface area contributed by atoms with Gasteiger partial charge in [-0.15, -0.1) is 11.8 Å². The highest BCUT2D eigenvalue weighted by molar-refractivity contribution is 7.99. The molecule has 0 saturated heterocycles. The monoisotopic (exact) mass is 302 g/mol. The van der Waals surface area contributed by atoms with Gasteiger partial charge >= 0.3 is 5.69 Å². The molecular weight excluding hydrogens is 284 g/mol. The largest absolute Gasteiger partial charge is 0.497 e. The fourth-order valence-corrected chi connectivity index (χ4v) is 3.61. The summed E-state index contributed by atoms with van der Waals surface area (Å²) in [5.74, 6) is 1.68. The first-order chi connectivity index (χ1) is 10.2. The van der Waals surface area contributed by atoms with Crippen LogP contribution in [0.25, 0.3) is 5.69 Å². The van der Waals surface area contributed by atoms with Gasteiger partial charge < -0.3 is 4.74 Å². The van der Waals surface area contributed by atoms with Gasteiger partial charge in [-0.1, -0.05) is 13.0 Å². The van der Waals surface area contributed by atoms with Gasteiger partial charge in [0.1, 0.15) is 10.8 Å². The van der Waals surface area contributed by atoms with Crippen molar-refractivity contribution in [3.63, 3.8) is 0 Å². The first-order valence-corrected chi connectivity index (χ1v) is 8.15. The van der Waals surface area contributed by atoms with Crippen LogP contribution in [0.15, 0.2) is 34.1 Å². The minimum absolute atomic E-state index is 0.195. The number of aromatic nitrogens is 2. The van der Waals surface area contributed by atoms with E-state index in [-0.39, 0.29) is 5.69 Å². The molecule has 0 unspecified atom stereocenters. The predicted octanol–water partition coefficient (Wildman–Crippen LogP) is 2.84. The minimum Gasteiger partial charge on any atom is -0.497 e. The van der Waals surface area contributed by atoms with Crippen LogP contribution in [-0.2, 0) is 12.8 Å². The highest BCUT2D eigenvalue weighted by atomic mass is 32.2. The molecule has 3 rings (SSSR count). The van der Waals surface area contributed by atoms with E-state index in [4.69, 9.17) is 4.74 Å². The number of hydrogen-bond acceptors (Lipinski definition) is 4. The predicted molar refractivity (Wildman–Crippen MR) is 84.8 cm³/mol. The molecule has 0 spiro atoms. The Morgan fingerprint density at radius 1 is 1.38 bits per heavy atom. The average Bonchev–Trinajstić information content (AvgIpc) is 2.97. The van der Waals surface area contributed by atoms with E-state index in [9.17, 15) is 4.79 Å². The quantitative estimate of drug-likeness (QED) is 0.643. The van der Waals surface area contributed by atoms with Crippen molar-refractivity contribution in [3.8, 4) is 11.4 Å². The highest BCUT2D eigenvalue weighted by Crippen LogP contribution is 2.30. The normalized spacial score (nSPS) is 13.2. The molecule has 5 heteroatoms. The van der Waals surface area contributed by atoms with Crippen LogP contribution in [0.4, 0.5) is 0 Å². The Morgan fingerprint density at radius 2 is 2.24 bits per heavy atom. The summed E-state index contributed by atoms with van der Waals surface area (Å²) in [6.45, 7) is 2.08. The van der Waals surface area contributed by atoms with Crippen molar-refractivity contribution in [2.75, 3.05) is 12.9 Å². The van der Waals surface area contributed by atoms with Crippen LogP contribution in [0.2, 0.25) is 0 Å². The number of thioether (sulfide) groups is 1. The number of benzene rings is 1. The summed E-state index contributed by atoms with van der Waals surface area (Å²) >= 11 is 1.66. The molecule has 0 bridgehead atoms. The molecule has 4 nitrogen and oxygen atoms in total. The van der Waals surface area contributed by atoms with Gasteiger partial charge in [-0.2, -0.15) is 4.98 Å². The molecule has 0 saturated carbocycles. The standard InChI is InChI=1S/C16H18N2O2S/c1-3-21-15-13-8-5-9-14(13)18(16(19)17-15)11-6-4-7-12(10-11)20-2/h4,6-7,10H,3,5,8-9H2,1-2H3. The third-order valence-corrected chi connectivity index (χ3v) is 4.60. The fourth-order valence-electron chi connectivity index (χ4n) is 2.80. The van der Waals surface area contributed by atoms with Crippen molar-refractivity contribution in [3.05, 3.63) is 46.0 Å². The Labute approximate surface area is 128 Å². The van der Waals surface area contributed by atoms with E-state index < -0.39 is 0 Å². The van der Waals surface area contributed by atoms with Crippen molar-refractivity contribution in [1.29, 1.82) is 0 Å². The molecule has 0 aliphatic heterocycles. The fraction of sp³-hybridized carbons (Fsp3) is 0.375. The maximum absolute atomic E-state index is 12.5. The molecule has 0 N–H and O–H groups in total. The molecule has 110 valence electrons. The van der Waals surface area contributed by atoms with Crippen LogP contribution in [0, 0.1) is 0 Å². The molecule has 0 amide bonds. The lowest BCUT2D eigenvalue weighted by atomic mass is 10.2. The van der Waals surface area contributed by atoms with Gasteiger partial charge in [0.2, 0.25) is 0 Å². The van der Waals surface area contributed by atoms with E-state index in [1.54, 1.807) is 23.4 Å². The van der Waals surface area contributed by atoms with Crippen LogP contribution >= 0.6 is 11.8 Å². The van der Waals surface area contributed by atoms with Gasteiger partial charge in [0.15, 0.2) is 0 Å². The Bertz CT molecular complexity index is 725. The first-order valence-electron chi connectivity index (χ1n) is 7.16. The molecule has 0 atom stereocenters. The molecule has 21 heavy (non-hydrogen) atoms. The van der Waals surface area contributed by atoms with Gasteiger partial charge in [-0.25, -0.2) is 4.79 Å². The number of rotatable bonds is 4. The lowest BCUT2D eigenvalue weighted by Crippen LogP contribution is -2.25. The molecular formula is C16H18N2O2S. The van der Waals surface area contributed by atoms with Gasteiger partial charge in [-0.05, 0) is 37.1 Å². The van der Waals surface area contributed by atoms with E-state index in [2.05, 4.69) is 11.9 Å². The molecule has 0 fully saturated rings. The minimum atomic E-state index is -0.195. The number of methoxy groups -OCH3 is 1. The van der Waals surface area contributed by atoms with Gasteiger partial charge in [0.25, 0.3) is 0 Å². The summed E-state index contributed by atoms with van der Waals surface area (Å²) in [7, 11) is 1.63. The van der Waals surface area contributed by atoms with Crippen molar-refractivity contribution in [2.24, 2.45) is 0 Å². The second-order valence-corrected chi connectivity index (χ2v) is 6.20. The molecule has 1 aliphatic carbocycles. The van der Waals surface area contributed by atoms with E-state index >= 15 is 0 Å². The third kappa shape index (κ3) is 2.58. The Morgan fingerprint density at radius 3 is 3.00 bits per heavy atom. The summed E-state index contributed by atoms with van der Waals surface area (Å²) in [6, 6.07) is 7.59. The Kier molecular flexibility index (Phi) is 4.01. The zero-order valence-corrected chi connectivity index (χ0v) is 13.1. The van der Waals surface area contributed by atoms with Crippen LogP contribution in [0.5, 0.6) is 5.75 Å². The lowest BCUT2D eigenvalue weighted by Gasteiger charge is -2.14. The summed E-state index contributed by atoms with van der Waals surface area (Å²) in [4.78, 5) is 16.8. The van der Waals surface area contributed by atoms with Crippen LogP contribution < -0.4 is 10.4 Å². The third-order valence-electron chi connectivity index (χ3n) is 3.70.